The highest BCUT2D eigenvalue weighted by Gasteiger charge is 2.24. The van der Waals surface area contributed by atoms with Crippen molar-refractivity contribution >= 4 is 37.5 Å². The maximum atomic E-state index is 13.1. The van der Waals surface area contributed by atoms with Crippen LogP contribution in [0, 0.1) is 13.8 Å². The second kappa shape index (κ2) is 11.4. The molecule has 0 radical (unpaired) electrons. The topological polar surface area (TPSA) is 90.2 Å². The molecule has 34 heavy (non-hydrogen) atoms. The minimum Gasteiger partial charge on any atom is -0.383 e. The van der Waals surface area contributed by atoms with Gasteiger partial charge in [-0.3, -0.25) is 4.79 Å². The van der Waals surface area contributed by atoms with Crippen molar-refractivity contribution in [2.75, 3.05) is 40.5 Å². The molecule has 1 aromatic heterocycles. The first-order valence-electron chi connectivity index (χ1n) is 11.0. The predicted octanol–water partition coefficient (Wildman–Crippen LogP) is 3.36. The molecule has 0 atom stereocenters. The summed E-state index contributed by atoms with van der Waals surface area (Å²) in [6.07, 6.45) is 0. The van der Waals surface area contributed by atoms with Gasteiger partial charge >= 0.3 is 0 Å². The number of fused-ring (bicyclic) bond motifs is 1. The maximum absolute atomic E-state index is 13.1. The molecule has 184 valence electrons. The number of aryl methyl sites for hydroxylation is 3. The number of thiazole rings is 1. The van der Waals surface area contributed by atoms with Crippen LogP contribution in [0.15, 0.2) is 46.3 Å². The van der Waals surface area contributed by atoms with Gasteiger partial charge in [-0.25, -0.2) is 8.42 Å². The van der Waals surface area contributed by atoms with Crippen molar-refractivity contribution in [2.24, 2.45) is 4.99 Å². The largest absolute Gasteiger partial charge is 0.383 e. The fraction of sp³-hybridized carbons (Fsp3) is 0.417. The number of hydrogen-bond acceptors (Lipinski definition) is 6. The van der Waals surface area contributed by atoms with E-state index in [0.29, 0.717) is 16.9 Å². The predicted molar refractivity (Wildman–Crippen MR) is 134 cm³/mol. The van der Waals surface area contributed by atoms with E-state index in [1.807, 2.05) is 18.4 Å². The lowest BCUT2D eigenvalue weighted by Crippen LogP contribution is -2.36. The Morgan fingerprint density at radius 3 is 2.24 bits per heavy atom. The Morgan fingerprint density at radius 1 is 1.06 bits per heavy atom. The van der Waals surface area contributed by atoms with E-state index < -0.39 is 15.9 Å². The van der Waals surface area contributed by atoms with Gasteiger partial charge < -0.3 is 14.0 Å². The Balaban J connectivity index is 1.92. The number of hydrogen-bond donors (Lipinski definition) is 0. The number of sulfonamides is 1. The van der Waals surface area contributed by atoms with E-state index in [1.54, 1.807) is 0 Å². The van der Waals surface area contributed by atoms with Crippen LogP contribution in [0.4, 0.5) is 0 Å². The summed E-state index contributed by atoms with van der Waals surface area (Å²) in [6.45, 7) is 7.76. The molecule has 0 aliphatic carbocycles. The average molecular weight is 506 g/mol. The molecule has 2 aromatic carbocycles. The highest BCUT2D eigenvalue weighted by atomic mass is 32.2. The van der Waals surface area contributed by atoms with E-state index in [1.165, 1.54) is 54.1 Å². The molecule has 0 bridgehead atoms. The number of rotatable bonds is 10. The number of aromatic nitrogens is 1. The molecule has 0 aliphatic heterocycles. The SMILES string of the molecule is CCn1c(=NC(=O)c2ccc(S(=O)(=O)N(CCOC)CCOC)cc2)sc2c(C)cc(C)cc21. The van der Waals surface area contributed by atoms with Gasteiger partial charge in [-0.1, -0.05) is 17.4 Å². The Labute approximate surface area is 204 Å². The molecular formula is C24H31N3O5S2. The molecule has 1 heterocycles. The summed E-state index contributed by atoms with van der Waals surface area (Å²) >= 11 is 1.48. The van der Waals surface area contributed by atoms with Crippen molar-refractivity contribution in [3.05, 3.63) is 57.9 Å². The van der Waals surface area contributed by atoms with Crippen LogP contribution in [0.2, 0.25) is 0 Å². The van der Waals surface area contributed by atoms with Gasteiger partial charge in [0.05, 0.1) is 28.3 Å². The van der Waals surface area contributed by atoms with E-state index in [9.17, 15) is 13.2 Å². The fourth-order valence-corrected chi connectivity index (χ4v) is 6.26. The van der Waals surface area contributed by atoms with Crippen LogP contribution < -0.4 is 4.80 Å². The fourth-order valence-electron chi connectivity index (χ4n) is 3.71. The molecule has 0 saturated heterocycles. The number of benzene rings is 2. The van der Waals surface area contributed by atoms with Gasteiger partial charge in [0.15, 0.2) is 4.80 Å². The zero-order valence-corrected chi connectivity index (χ0v) is 21.8. The third-order valence-corrected chi connectivity index (χ3v) is 8.60. The molecule has 10 heteroatoms. The number of methoxy groups -OCH3 is 2. The second-order valence-electron chi connectivity index (χ2n) is 7.89. The number of nitrogens with zero attached hydrogens (tertiary/aromatic N) is 3. The molecule has 0 fully saturated rings. The Morgan fingerprint density at radius 2 is 1.68 bits per heavy atom. The first-order valence-corrected chi connectivity index (χ1v) is 13.3. The van der Waals surface area contributed by atoms with Crippen LogP contribution >= 0.6 is 11.3 Å². The smallest absolute Gasteiger partial charge is 0.279 e. The molecule has 8 nitrogen and oxygen atoms in total. The average Bonchev–Trinajstić information content (AvgIpc) is 3.16. The van der Waals surface area contributed by atoms with Crippen LogP contribution in [0.1, 0.15) is 28.4 Å². The van der Waals surface area contributed by atoms with Crippen molar-refractivity contribution in [2.45, 2.75) is 32.2 Å². The molecule has 0 aliphatic rings. The molecule has 3 aromatic rings. The zero-order valence-electron chi connectivity index (χ0n) is 20.2. The molecular weight excluding hydrogens is 474 g/mol. The summed E-state index contributed by atoms with van der Waals surface area (Å²) < 4.78 is 40.7. The summed E-state index contributed by atoms with van der Waals surface area (Å²) in [5.74, 6) is -0.414. The van der Waals surface area contributed by atoms with Crippen molar-refractivity contribution < 1.29 is 22.7 Å². The maximum Gasteiger partial charge on any atom is 0.279 e. The lowest BCUT2D eigenvalue weighted by molar-refractivity contribution is 0.0997. The zero-order chi connectivity index (χ0) is 24.9. The number of carbonyl (C=O) groups is 1. The van der Waals surface area contributed by atoms with Gasteiger partial charge in [-0.15, -0.1) is 0 Å². The summed E-state index contributed by atoms with van der Waals surface area (Å²) in [6, 6.07) is 10.1. The van der Waals surface area contributed by atoms with Crippen LogP contribution in [0.5, 0.6) is 0 Å². The summed E-state index contributed by atoms with van der Waals surface area (Å²) in [5, 5.41) is 0. The standard InChI is InChI=1S/C24H31N3O5S2/c1-6-27-21-16-17(2)15-18(3)22(21)33-24(27)25-23(28)19-7-9-20(10-8-19)34(29,30)26(11-13-31-4)12-14-32-5/h7-10,15-16H,6,11-14H2,1-5H3. The Kier molecular flexibility index (Phi) is 8.78. The number of amides is 1. The van der Waals surface area contributed by atoms with Crippen LogP contribution in [0.25, 0.3) is 10.2 Å². The normalized spacial score (nSPS) is 12.7. The van der Waals surface area contributed by atoms with Gasteiger partial charge in [0, 0.05) is 39.4 Å². The Bertz CT molecular complexity index is 1320. The highest BCUT2D eigenvalue weighted by molar-refractivity contribution is 7.89. The first kappa shape index (κ1) is 26.2. The van der Waals surface area contributed by atoms with E-state index in [4.69, 9.17) is 9.47 Å². The number of carbonyl (C=O) groups excluding carboxylic acids is 1. The molecule has 3 rings (SSSR count). The van der Waals surface area contributed by atoms with E-state index >= 15 is 0 Å². The van der Waals surface area contributed by atoms with Crippen molar-refractivity contribution in [1.82, 2.24) is 8.87 Å². The van der Waals surface area contributed by atoms with Gasteiger partial charge in [-0.2, -0.15) is 9.30 Å². The minimum atomic E-state index is -3.75. The molecule has 1 amide bonds. The molecule has 0 unspecified atom stereocenters. The Hall–Kier alpha value is -2.37. The van der Waals surface area contributed by atoms with E-state index in [-0.39, 0.29) is 31.2 Å². The van der Waals surface area contributed by atoms with E-state index in [2.05, 4.69) is 24.0 Å². The summed E-state index contributed by atoms with van der Waals surface area (Å²) in [5.41, 5.74) is 3.69. The first-order chi connectivity index (χ1) is 16.2. The molecule has 0 N–H and O–H groups in total. The third-order valence-electron chi connectivity index (χ3n) is 5.46. The minimum absolute atomic E-state index is 0.104. The van der Waals surface area contributed by atoms with E-state index in [0.717, 1.165) is 21.3 Å². The van der Waals surface area contributed by atoms with Gasteiger partial charge in [-0.05, 0) is 62.2 Å². The molecule has 0 spiro atoms. The van der Waals surface area contributed by atoms with Crippen LogP contribution in [-0.2, 0) is 26.0 Å². The molecule has 0 saturated carbocycles. The number of ether oxygens (including phenoxy) is 2. The van der Waals surface area contributed by atoms with Gasteiger partial charge in [0.1, 0.15) is 0 Å². The van der Waals surface area contributed by atoms with Gasteiger partial charge in [0.2, 0.25) is 10.0 Å². The van der Waals surface area contributed by atoms with Crippen molar-refractivity contribution in [3.63, 3.8) is 0 Å². The monoisotopic (exact) mass is 505 g/mol. The van der Waals surface area contributed by atoms with Crippen LogP contribution in [-0.4, -0.2) is 63.7 Å². The summed E-state index contributed by atoms with van der Waals surface area (Å²) in [4.78, 5) is 18.0. The highest BCUT2D eigenvalue weighted by Crippen LogP contribution is 2.23. The van der Waals surface area contributed by atoms with Crippen molar-refractivity contribution in [3.8, 4) is 0 Å². The third kappa shape index (κ3) is 5.64. The lowest BCUT2D eigenvalue weighted by Gasteiger charge is -2.21. The van der Waals surface area contributed by atoms with Crippen LogP contribution in [0.3, 0.4) is 0 Å². The van der Waals surface area contributed by atoms with Gasteiger partial charge in [0.25, 0.3) is 5.91 Å². The lowest BCUT2D eigenvalue weighted by atomic mass is 10.1. The second-order valence-corrected chi connectivity index (χ2v) is 10.8. The summed E-state index contributed by atoms with van der Waals surface area (Å²) in [7, 11) is -0.714. The quantitative estimate of drug-likeness (QED) is 0.421. The van der Waals surface area contributed by atoms with Crippen molar-refractivity contribution in [1.29, 1.82) is 0 Å².